The summed E-state index contributed by atoms with van der Waals surface area (Å²) in [7, 11) is 0. The minimum Gasteiger partial charge on any atom is -0.368 e. The second-order valence-corrected chi connectivity index (χ2v) is 5.66. The average molecular weight is 238 g/mol. The Morgan fingerprint density at radius 1 is 1.47 bits per heavy atom. The molecule has 3 heteroatoms. The Morgan fingerprint density at radius 3 is 3.18 bits per heavy atom. The third kappa shape index (κ3) is 1.94. The maximum atomic E-state index is 9.04. The van der Waals surface area contributed by atoms with Gasteiger partial charge in [0.05, 0.1) is 18.8 Å². The van der Waals surface area contributed by atoms with Crippen molar-refractivity contribution in [3.05, 3.63) is 11.6 Å². The van der Waals surface area contributed by atoms with Crippen molar-refractivity contribution in [1.29, 1.82) is 0 Å². The summed E-state index contributed by atoms with van der Waals surface area (Å²) in [5.74, 6) is 1.70. The van der Waals surface area contributed by atoms with Crippen LogP contribution in [0.4, 0.5) is 0 Å². The van der Waals surface area contributed by atoms with E-state index < -0.39 is 6.29 Å². The molecule has 3 rings (SSSR count). The molecule has 2 bridgehead atoms. The van der Waals surface area contributed by atoms with Gasteiger partial charge in [0.15, 0.2) is 6.29 Å². The molecule has 0 heterocycles. The van der Waals surface area contributed by atoms with Crippen LogP contribution in [0.3, 0.4) is 0 Å². The highest BCUT2D eigenvalue weighted by atomic mass is 16.6. The van der Waals surface area contributed by atoms with E-state index in [0.717, 1.165) is 11.8 Å². The first-order chi connectivity index (χ1) is 8.21. The zero-order valence-electron chi connectivity index (χ0n) is 10.5. The number of aliphatic hydroxyl groups is 1. The molecule has 3 aliphatic rings. The van der Waals surface area contributed by atoms with Crippen molar-refractivity contribution in [3.63, 3.8) is 0 Å². The molecule has 4 atom stereocenters. The van der Waals surface area contributed by atoms with Gasteiger partial charge >= 0.3 is 0 Å². The number of hydrogen-bond donors (Lipinski definition) is 1. The lowest BCUT2D eigenvalue weighted by Gasteiger charge is -2.31. The average Bonchev–Trinajstić information content (AvgIpc) is 2.95. The molecule has 0 aromatic heterocycles. The normalized spacial score (nSPS) is 40.5. The standard InChI is InChI=1S/C14H22O3/c1-10(15)16-7-8-17-14-6-5-11(9-14)12-3-2-4-13(12)14/h4,10-12,15H,2-3,5-9H2,1H3. The van der Waals surface area contributed by atoms with Crippen molar-refractivity contribution in [2.45, 2.75) is 50.9 Å². The van der Waals surface area contributed by atoms with Crippen LogP contribution < -0.4 is 0 Å². The van der Waals surface area contributed by atoms with Crippen molar-refractivity contribution < 1.29 is 14.6 Å². The Morgan fingerprint density at radius 2 is 2.35 bits per heavy atom. The van der Waals surface area contributed by atoms with Crippen LogP contribution in [0.15, 0.2) is 11.6 Å². The van der Waals surface area contributed by atoms with Gasteiger partial charge in [-0.1, -0.05) is 6.08 Å². The molecular formula is C14H22O3. The first kappa shape index (κ1) is 11.7. The molecule has 0 aromatic rings. The number of ether oxygens (including phenoxy) is 2. The number of hydrogen-bond acceptors (Lipinski definition) is 3. The molecule has 0 aliphatic heterocycles. The first-order valence-corrected chi connectivity index (χ1v) is 6.85. The van der Waals surface area contributed by atoms with Gasteiger partial charge in [-0.2, -0.15) is 0 Å². The Labute approximate surface area is 103 Å². The van der Waals surface area contributed by atoms with Crippen LogP contribution in [-0.4, -0.2) is 30.2 Å². The Bertz CT molecular complexity index is 323. The van der Waals surface area contributed by atoms with Crippen molar-refractivity contribution in [2.24, 2.45) is 11.8 Å². The Hall–Kier alpha value is -0.380. The van der Waals surface area contributed by atoms with E-state index in [-0.39, 0.29) is 5.60 Å². The minimum atomic E-state index is -0.686. The van der Waals surface area contributed by atoms with Gasteiger partial charge in [-0.05, 0) is 56.4 Å². The highest BCUT2D eigenvalue weighted by Gasteiger charge is 2.55. The highest BCUT2D eigenvalue weighted by Crippen LogP contribution is 2.60. The van der Waals surface area contributed by atoms with Crippen LogP contribution in [0, 0.1) is 11.8 Å². The second kappa shape index (κ2) is 4.38. The van der Waals surface area contributed by atoms with Crippen molar-refractivity contribution >= 4 is 0 Å². The van der Waals surface area contributed by atoms with E-state index in [9.17, 15) is 0 Å². The van der Waals surface area contributed by atoms with E-state index in [0.29, 0.717) is 13.2 Å². The molecule has 17 heavy (non-hydrogen) atoms. The number of aliphatic hydroxyl groups excluding tert-OH is 1. The van der Waals surface area contributed by atoms with Gasteiger partial charge in [0, 0.05) is 0 Å². The van der Waals surface area contributed by atoms with Gasteiger partial charge in [-0.3, -0.25) is 0 Å². The van der Waals surface area contributed by atoms with Crippen molar-refractivity contribution in [2.75, 3.05) is 13.2 Å². The fourth-order valence-corrected chi connectivity index (χ4v) is 4.06. The molecule has 2 fully saturated rings. The molecule has 0 amide bonds. The highest BCUT2D eigenvalue weighted by molar-refractivity contribution is 5.33. The summed E-state index contributed by atoms with van der Waals surface area (Å²) in [4.78, 5) is 0. The minimum absolute atomic E-state index is 0.0495. The molecule has 0 spiro atoms. The molecule has 2 saturated carbocycles. The lowest BCUT2D eigenvalue weighted by molar-refractivity contribution is -0.115. The maximum absolute atomic E-state index is 9.04. The van der Waals surface area contributed by atoms with Crippen LogP contribution in [0.2, 0.25) is 0 Å². The summed E-state index contributed by atoms with van der Waals surface area (Å²) < 4.78 is 11.3. The van der Waals surface area contributed by atoms with Crippen LogP contribution >= 0.6 is 0 Å². The maximum Gasteiger partial charge on any atom is 0.151 e. The molecule has 4 unspecified atom stereocenters. The summed E-state index contributed by atoms with van der Waals surface area (Å²) in [6.07, 6.45) is 8.06. The van der Waals surface area contributed by atoms with Crippen LogP contribution in [0.25, 0.3) is 0 Å². The zero-order chi connectivity index (χ0) is 11.9. The van der Waals surface area contributed by atoms with E-state index in [2.05, 4.69) is 6.08 Å². The molecule has 1 N–H and O–H groups in total. The Kier molecular flexibility index (Phi) is 3.01. The lowest BCUT2D eigenvalue weighted by Crippen LogP contribution is -2.32. The van der Waals surface area contributed by atoms with Gasteiger partial charge in [-0.15, -0.1) is 0 Å². The van der Waals surface area contributed by atoms with E-state index in [4.69, 9.17) is 14.6 Å². The van der Waals surface area contributed by atoms with Gasteiger partial charge in [0.25, 0.3) is 0 Å². The predicted octanol–water partition coefficient (Wildman–Crippen LogP) is 2.25. The van der Waals surface area contributed by atoms with Gasteiger partial charge in [0.1, 0.15) is 0 Å². The monoisotopic (exact) mass is 238 g/mol. The number of allylic oxidation sites excluding steroid dienone is 1. The fourth-order valence-electron chi connectivity index (χ4n) is 4.06. The molecule has 0 aromatic carbocycles. The van der Waals surface area contributed by atoms with Crippen LogP contribution in [0.5, 0.6) is 0 Å². The topological polar surface area (TPSA) is 38.7 Å². The third-order valence-electron chi connectivity index (χ3n) is 4.67. The van der Waals surface area contributed by atoms with E-state index >= 15 is 0 Å². The van der Waals surface area contributed by atoms with Crippen molar-refractivity contribution in [3.8, 4) is 0 Å². The third-order valence-corrected chi connectivity index (χ3v) is 4.67. The summed E-state index contributed by atoms with van der Waals surface area (Å²) >= 11 is 0. The molecular weight excluding hydrogens is 216 g/mol. The molecule has 3 aliphatic carbocycles. The lowest BCUT2D eigenvalue weighted by atomic mass is 9.84. The first-order valence-electron chi connectivity index (χ1n) is 6.85. The van der Waals surface area contributed by atoms with E-state index in [1.54, 1.807) is 12.5 Å². The van der Waals surface area contributed by atoms with Gasteiger partial charge in [-0.25, -0.2) is 0 Å². The molecule has 0 radical (unpaired) electrons. The van der Waals surface area contributed by atoms with Crippen LogP contribution in [0.1, 0.15) is 39.0 Å². The summed E-state index contributed by atoms with van der Waals surface area (Å²) in [6, 6.07) is 0. The van der Waals surface area contributed by atoms with E-state index in [1.165, 1.54) is 32.1 Å². The molecule has 0 saturated heterocycles. The van der Waals surface area contributed by atoms with Gasteiger partial charge < -0.3 is 14.6 Å². The quantitative estimate of drug-likeness (QED) is 0.453. The zero-order valence-corrected chi connectivity index (χ0v) is 10.5. The van der Waals surface area contributed by atoms with Gasteiger partial charge in [0.2, 0.25) is 0 Å². The smallest absolute Gasteiger partial charge is 0.151 e. The summed E-state index contributed by atoms with van der Waals surface area (Å²) in [6.45, 7) is 2.72. The van der Waals surface area contributed by atoms with Crippen molar-refractivity contribution in [1.82, 2.24) is 0 Å². The molecule has 96 valence electrons. The summed E-state index contributed by atoms with van der Waals surface area (Å²) in [5, 5.41) is 9.04. The number of rotatable bonds is 5. The second-order valence-electron chi connectivity index (χ2n) is 5.66. The molecule has 3 nitrogen and oxygen atoms in total. The fraction of sp³-hybridized carbons (Fsp3) is 0.857. The summed E-state index contributed by atoms with van der Waals surface area (Å²) in [5.41, 5.74) is 1.64. The largest absolute Gasteiger partial charge is 0.368 e. The SMILES string of the molecule is CC(O)OCCOC12CCC(C1)C1CCC=C12. The Balaban J connectivity index is 1.58. The van der Waals surface area contributed by atoms with Crippen LogP contribution in [-0.2, 0) is 9.47 Å². The predicted molar refractivity (Wildman–Crippen MR) is 64.5 cm³/mol. The number of fused-ring (bicyclic) bond motifs is 5. The van der Waals surface area contributed by atoms with E-state index in [1.807, 2.05) is 0 Å².